The van der Waals surface area contributed by atoms with Crippen LogP contribution in [0.4, 0.5) is 10.5 Å². The Hall–Kier alpha value is -2.48. The Bertz CT molecular complexity index is 928. The quantitative estimate of drug-likeness (QED) is 0.181. The Morgan fingerprint density at radius 1 is 1.19 bits per heavy atom. The maximum atomic E-state index is 11.8. The number of hydrogen-bond donors (Lipinski definition) is 2. The van der Waals surface area contributed by atoms with Crippen LogP contribution in [0.15, 0.2) is 75.4 Å². The predicted octanol–water partition coefficient (Wildman–Crippen LogP) is 5.56. The molecule has 0 unspecified atom stereocenters. The normalized spacial score (nSPS) is 11.2. The van der Waals surface area contributed by atoms with E-state index >= 15 is 0 Å². The molecule has 0 aliphatic heterocycles. The number of carbonyl (C=O) groups excluding carboxylic acids is 1. The fourth-order valence-electron chi connectivity index (χ4n) is 2.14. The lowest BCUT2D eigenvalue weighted by molar-refractivity contribution is 0.166. The van der Waals surface area contributed by atoms with Crippen molar-refractivity contribution < 1.29 is 9.63 Å². The number of benzene rings is 2. The molecule has 138 valence electrons. The molecular weight excluding hydrogens is 402 g/mol. The van der Waals surface area contributed by atoms with Gasteiger partial charge in [-0.2, -0.15) is 0 Å². The maximum Gasteiger partial charge on any atom is 0.437 e. The second kappa shape index (κ2) is 9.45. The zero-order valence-electron chi connectivity index (χ0n) is 14.1. The van der Waals surface area contributed by atoms with E-state index in [1.165, 1.54) is 4.21 Å². The Labute approximate surface area is 170 Å². The number of nitrogens with zero attached hydrogens (tertiary/aromatic N) is 1. The molecule has 0 spiro atoms. The molecule has 1 aromatic heterocycles. The second-order valence-electron chi connectivity index (χ2n) is 5.41. The molecule has 0 saturated carbocycles. The zero-order chi connectivity index (χ0) is 19.1. The number of rotatable bonds is 6. The smallest absolute Gasteiger partial charge is 0.380 e. The van der Waals surface area contributed by atoms with Gasteiger partial charge in [-0.15, -0.1) is 23.1 Å². The highest BCUT2D eigenvalue weighted by Crippen LogP contribution is 2.27. The van der Waals surface area contributed by atoms with Crippen molar-refractivity contribution in [3.8, 4) is 0 Å². The summed E-state index contributed by atoms with van der Waals surface area (Å²) in [7, 11) is 0. The van der Waals surface area contributed by atoms with Crippen molar-refractivity contribution >= 4 is 52.3 Å². The number of hydrogen-bond acceptors (Lipinski definition) is 5. The number of carbonyl (C=O) groups is 1. The van der Waals surface area contributed by atoms with Crippen molar-refractivity contribution in [2.75, 3.05) is 5.32 Å². The number of amides is 1. The molecular formula is C19H16ClN3O2S2. The Morgan fingerprint density at radius 3 is 2.74 bits per heavy atom. The summed E-state index contributed by atoms with van der Waals surface area (Å²) in [6.07, 6.45) is -0.732. The fraction of sp³-hybridized carbons (Fsp3) is 0.0526. The van der Waals surface area contributed by atoms with Gasteiger partial charge in [0.15, 0.2) is 5.84 Å². The first kappa shape index (κ1) is 19.3. The van der Waals surface area contributed by atoms with E-state index in [4.69, 9.17) is 22.2 Å². The van der Waals surface area contributed by atoms with Crippen LogP contribution in [0.3, 0.4) is 0 Å². The summed E-state index contributed by atoms with van der Waals surface area (Å²) in [6, 6.07) is 18.4. The SMILES string of the molecule is N/C(=N\OC(=O)Nc1ccc(Cl)cc1)c1cccc(CSc2cccs2)c1. The first-order valence-electron chi connectivity index (χ1n) is 7.93. The van der Waals surface area contributed by atoms with E-state index in [0.717, 1.165) is 11.3 Å². The van der Waals surface area contributed by atoms with E-state index in [0.29, 0.717) is 16.3 Å². The fourth-order valence-corrected chi connectivity index (χ4v) is 3.99. The molecule has 0 aliphatic rings. The summed E-state index contributed by atoms with van der Waals surface area (Å²) >= 11 is 9.26. The predicted molar refractivity (Wildman–Crippen MR) is 113 cm³/mol. The number of anilines is 1. The van der Waals surface area contributed by atoms with Gasteiger partial charge in [0, 0.05) is 22.0 Å². The molecule has 8 heteroatoms. The number of thiophene rings is 1. The number of amidine groups is 1. The monoisotopic (exact) mass is 417 g/mol. The van der Waals surface area contributed by atoms with Crippen molar-refractivity contribution in [3.05, 3.63) is 82.2 Å². The van der Waals surface area contributed by atoms with Gasteiger partial charge in [-0.1, -0.05) is 41.0 Å². The molecule has 0 atom stereocenters. The van der Waals surface area contributed by atoms with Gasteiger partial charge in [-0.05, 0) is 47.3 Å². The van der Waals surface area contributed by atoms with Crippen LogP contribution in [-0.2, 0) is 10.6 Å². The lowest BCUT2D eigenvalue weighted by Crippen LogP contribution is -2.17. The van der Waals surface area contributed by atoms with Crippen molar-refractivity contribution in [1.29, 1.82) is 0 Å². The van der Waals surface area contributed by atoms with Crippen LogP contribution >= 0.6 is 34.7 Å². The topological polar surface area (TPSA) is 76.7 Å². The van der Waals surface area contributed by atoms with Crippen LogP contribution in [-0.4, -0.2) is 11.9 Å². The van der Waals surface area contributed by atoms with Gasteiger partial charge >= 0.3 is 6.09 Å². The van der Waals surface area contributed by atoms with Crippen molar-refractivity contribution in [1.82, 2.24) is 0 Å². The maximum absolute atomic E-state index is 11.8. The van der Waals surface area contributed by atoms with Gasteiger partial charge in [0.2, 0.25) is 0 Å². The van der Waals surface area contributed by atoms with Gasteiger partial charge in [0.05, 0.1) is 4.21 Å². The summed E-state index contributed by atoms with van der Waals surface area (Å²) in [5, 5.41) is 8.88. The van der Waals surface area contributed by atoms with E-state index in [-0.39, 0.29) is 5.84 Å². The van der Waals surface area contributed by atoms with Gasteiger partial charge < -0.3 is 5.73 Å². The van der Waals surface area contributed by atoms with Crippen molar-refractivity contribution in [3.63, 3.8) is 0 Å². The molecule has 3 aromatic rings. The molecule has 0 aliphatic carbocycles. The molecule has 0 saturated heterocycles. The summed E-state index contributed by atoms with van der Waals surface area (Å²) in [6.45, 7) is 0. The molecule has 0 bridgehead atoms. The van der Waals surface area contributed by atoms with E-state index in [2.05, 4.69) is 21.9 Å². The highest BCUT2D eigenvalue weighted by molar-refractivity contribution is 8.00. The average molecular weight is 418 g/mol. The number of halogens is 1. The Kier molecular flexibility index (Phi) is 6.75. The number of thioether (sulfide) groups is 1. The van der Waals surface area contributed by atoms with Crippen LogP contribution in [0.5, 0.6) is 0 Å². The minimum atomic E-state index is -0.732. The summed E-state index contributed by atoms with van der Waals surface area (Å²) in [4.78, 5) is 16.6. The first-order valence-corrected chi connectivity index (χ1v) is 10.2. The minimum absolute atomic E-state index is 0.129. The number of nitrogens with one attached hydrogen (secondary N) is 1. The van der Waals surface area contributed by atoms with Crippen LogP contribution < -0.4 is 11.1 Å². The summed E-state index contributed by atoms with van der Waals surface area (Å²) in [5.74, 6) is 0.948. The number of nitrogens with two attached hydrogens (primary N) is 1. The molecule has 5 nitrogen and oxygen atoms in total. The highest BCUT2D eigenvalue weighted by atomic mass is 35.5. The van der Waals surface area contributed by atoms with Crippen LogP contribution in [0.1, 0.15) is 11.1 Å². The van der Waals surface area contributed by atoms with Gasteiger partial charge in [-0.25, -0.2) is 4.79 Å². The van der Waals surface area contributed by atoms with Crippen LogP contribution in [0, 0.1) is 0 Å². The lowest BCUT2D eigenvalue weighted by atomic mass is 10.1. The molecule has 1 heterocycles. The minimum Gasteiger partial charge on any atom is -0.380 e. The molecule has 27 heavy (non-hydrogen) atoms. The largest absolute Gasteiger partial charge is 0.437 e. The standard InChI is InChI=1S/C19H16ClN3O2S2/c20-15-6-8-16(9-7-15)22-19(24)25-23-18(21)14-4-1-3-13(11-14)12-27-17-5-2-10-26-17/h1-11H,12H2,(H2,21,23)(H,22,24). The summed E-state index contributed by atoms with van der Waals surface area (Å²) in [5.41, 5.74) is 8.29. The second-order valence-corrected chi connectivity index (χ2v) is 8.07. The molecule has 2 aromatic carbocycles. The van der Waals surface area contributed by atoms with Crippen LogP contribution in [0.2, 0.25) is 5.02 Å². The highest BCUT2D eigenvalue weighted by Gasteiger charge is 2.06. The number of oxime groups is 1. The Balaban J connectivity index is 1.57. The molecule has 0 radical (unpaired) electrons. The third-order valence-corrected chi connectivity index (χ3v) is 5.87. The first-order chi connectivity index (χ1) is 13.1. The van der Waals surface area contributed by atoms with E-state index in [1.54, 1.807) is 47.4 Å². The molecule has 3 N–H and O–H groups in total. The Morgan fingerprint density at radius 2 is 2.00 bits per heavy atom. The van der Waals surface area contributed by atoms with Gasteiger partial charge in [0.1, 0.15) is 0 Å². The van der Waals surface area contributed by atoms with Crippen molar-refractivity contribution in [2.24, 2.45) is 10.9 Å². The van der Waals surface area contributed by atoms with E-state index < -0.39 is 6.09 Å². The van der Waals surface area contributed by atoms with Crippen molar-refractivity contribution in [2.45, 2.75) is 9.96 Å². The van der Waals surface area contributed by atoms with E-state index in [9.17, 15) is 4.79 Å². The molecule has 1 amide bonds. The van der Waals surface area contributed by atoms with E-state index in [1.807, 2.05) is 30.3 Å². The zero-order valence-corrected chi connectivity index (χ0v) is 16.5. The third-order valence-electron chi connectivity index (χ3n) is 3.42. The third kappa shape index (κ3) is 6.02. The molecule has 0 fully saturated rings. The molecule has 3 rings (SSSR count). The summed E-state index contributed by atoms with van der Waals surface area (Å²) < 4.78 is 1.25. The lowest BCUT2D eigenvalue weighted by Gasteiger charge is -2.05. The van der Waals surface area contributed by atoms with Gasteiger partial charge in [0.25, 0.3) is 0 Å². The van der Waals surface area contributed by atoms with Crippen LogP contribution in [0.25, 0.3) is 0 Å². The van der Waals surface area contributed by atoms with Gasteiger partial charge in [-0.3, -0.25) is 10.2 Å². The average Bonchev–Trinajstić information content (AvgIpc) is 3.20.